The highest BCUT2D eigenvalue weighted by atomic mass is 16.5. The van der Waals surface area contributed by atoms with Crippen molar-refractivity contribution in [1.29, 1.82) is 0 Å². The highest BCUT2D eigenvalue weighted by Crippen LogP contribution is 2.33. The van der Waals surface area contributed by atoms with E-state index in [1.54, 1.807) is 12.3 Å². The SMILES string of the molecule is C=C(CO)C1=CCB(O)OC1CC/C(=C/c1ccc(O)c2ccccc12)c1ccccn1. The average molecular weight is 427 g/mol. The quantitative estimate of drug-likeness (QED) is 0.480. The third-order valence-electron chi connectivity index (χ3n) is 5.74. The van der Waals surface area contributed by atoms with Crippen LogP contribution in [0.25, 0.3) is 22.4 Å². The minimum Gasteiger partial charge on any atom is -0.507 e. The molecule has 0 spiro atoms. The number of nitrogens with zero attached hydrogens (tertiary/aromatic N) is 1. The Morgan fingerprint density at radius 2 is 1.91 bits per heavy atom. The number of hydrogen-bond donors (Lipinski definition) is 3. The van der Waals surface area contributed by atoms with E-state index < -0.39 is 7.12 Å². The molecule has 0 saturated carbocycles. The number of benzene rings is 2. The van der Waals surface area contributed by atoms with Crippen LogP contribution >= 0.6 is 0 Å². The van der Waals surface area contributed by atoms with Crippen molar-refractivity contribution in [3.8, 4) is 5.75 Å². The molecule has 3 N–H and O–H groups in total. The Kier molecular flexibility index (Phi) is 6.85. The summed E-state index contributed by atoms with van der Waals surface area (Å²) in [6.45, 7) is 3.79. The van der Waals surface area contributed by atoms with Crippen LogP contribution in [-0.4, -0.2) is 40.1 Å². The number of aliphatic hydroxyl groups excluding tert-OH is 1. The number of aliphatic hydroxyl groups is 1. The summed E-state index contributed by atoms with van der Waals surface area (Å²) in [6.07, 6.45) is 7.01. The van der Waals surface area contributed by atoms with Gasteiger partial charge in [-0.1, -0.05) is 49.1 Å². The van der Waals surface area contributed by atoms with Crippen molar-refractivity contribution in [1.82, 2.24) is 4.98 Å². The lowest BCUT2D eigenvalue weighted by Gasteiger charge is -2.28. The molecule has 1 atom stereocenters. The summed E-state index contributed by atoms with van der Waals surface area (Å²) in [4.78, 5) is 4.54. The molecule has 1 aliphatic heterocycles. The van der Waals surface area contributed by atoms with Crippen LogP contribution in [0.15, 0.2) is 84.6 Å². The van der Waals surface area contributed by atoms with Gasteiger partial charge in [0.1, 0.15) is 5.75 Å². The lowest BCUT2D eigenvalue weighted by Crippen LogP contribution is -2.32. The fraction of sp³-hybridized carbons (Fsp3) is 0.192. The monoisotopic (exact) mass is 427 g/mol. The first kappa shape index (κ1) is 22.0. The van der Waals surface area contributed by atoms with Crippen molar-refractivity contribution >= 4 is 29.5 Å². The second-order valence-electron chi connectivity index (χ2n) is 7.88. The van der Waals surface area contributed by atoms with Crippen molar-refractivity contribution in [2.75, 3.05) is 6.61 Å². The Morgan fingerprint density at radius 3 is 2.66 bits per heavy atom. The van der Waals surface area contributed by atoms with Crippen LogP contribution in [0.1, 0.15) is 24.1 Å². The lowest BCUT2D eigenvalue weighted by atomic mass is 9.78. The zero-order chi connectivity index (χ0) is 22.5. The first-order valence-corrected chi connectivity index (χ1v) is 10.7. The van der Waals surface area contributed by atoms with Gasteiger partial charge in [-0.05, 0) is 64.8 Å². The predicted octanol–water partition coefficient (Wildman–Crippen LogP) is 4.62. The number of fused-ring (bicyclic) bond motifs is 1. The van der Waals surface area contributed by atoms with E-state index in [1.807, 2.05) is 54.6 Å². The van der Waals surface area contributed by atoms with Gasteiger partial charge in [0.2, 0.25) is 0 Å². The lowest BCUT2D eigenvalue weighted by molar-refractivity contribution is 0.182. The number of allylic oxidation sites excluding steroid dienone is 2. The molecule has 2 heterocycles. The van der Waals surface area contributed by atoms with E-state index in [9.17, 15) is 15.2 Å². The molecule has 0 radical (unpaired) electrons. The molecule has 3 aromatic rings. The van der Waals surface area contributed by atoms with Crippen molar-refractivity contribution in [2.45, 2.75) is 25.3 Å². The molecular formula is C26H26BNO4. The number of phenolic OH excluding ortho intramolecular Hbond substituents is 1. The van der Waals surface area contributed by atoms with Gasteiger partial charge in [-0.25, -0.2) is 0 Å². The van der Waals surface area contributed by atoms with Gasteiger partial charge >= 0.3 is 7.12 Å². The summed E-state index contributed by atoms with van der Waals surface area (Å²) in [5.41, 5.74) is 4.30. The van der Waals surface area contributed by atoms with Crippen LogP contribution in [0.4, 0.5) is 0 Å². The number of rotatable bonds is 7. The molecule has 1 unspecified atom stereocenters. The molecular weight excluding hydrogens is 401 g/mol. The molecule has 4 rings (SSSR count). The van der Waals surface area contributed by atoms with E-state index in [0.717, 1.165) is 33.2 Å². The normalized spacial score (nSPS) is 16.8. The van der Waals surface area contributed by atoms with Crippen molar-refractivity contribution in [2.24, 2.45) is 0 Å². The number of aromatic hydroxyl groups is 1. The average Bonchev–Trinajstić information content (AvgIpc) is 2.83. The standard InChI is InChI=1S/C26H26BNO4/c1-18(17-29)21-13-14-27(31)32-26(21)12-10-20(24-8-4-5-15-28-24)16-19-9-11-25(30)23-7-3-2-6-22(19)23/h2-9,11,13,15-16,26,29-31H,1,10,12,14,17H2/b20-16-. The number of aromatic nitrogens is 1. The third kappa shape index (κ3) is 4.83. The molecule has 0 bridgehead atoms. The largest absolute Gasteiger partial charge is 0.507 e. The van der Waals surface area contributed by atoms with Crippen LogP contribution in [0.5, 0.6) is 5.75 Å². The van der Waals surface area contributed by atoms with E-state index >= 15 is 0 Å². The van der Waals surface area contributed by atoms with Gasteiger partial charge in [0.25, 0.3) is 0 Å². The molecule has 1 aliphatic rings. The van der Waals surface area contributed by atoms with E-state index in [2.05, 4.69) is 17.6 Å². The van der Waals surface area contributed by atoms with Gasteiger partial charge in [0, 0.05) is 17.9 Å². The van der Waals surface area contributed by atoms with Crippen LogP contribution in [-0.2, 0) is 4.65 Å². The van der Waals surface area contributed by atoms with Gasteiger partial charge in [-0.2, -0.15) is 0 Å². The number of hydrogen-bond acceptors (Lipinski definition) is 5. The van der Waals surface area contributed by atoms with Gasteiger partial charge in [-0.15, -0.1) is 0 Å². The fourth-order valence-electron chi connectivity index (χ4n) is 4.10. The molecule has 1 aromatic heterocycles. The maximum Gasteiger partial charge on any atom is 0.458 e. The first-order chi connectivity index (χ1) is 15.6. The Labute approximate surface area is 188 Å². The maximum absolute atomic E-state index is 10.2. The summed E-state index contributed by atoms with van der Waals surface area (Å²) >= 11 is 0. The summed E-state index contributed by atoms with van der Waals surface area (Å²) < 4.78 is 5.78. The van der Waals surface area contributed by atoms with Crippen LogP contribution in [0.2, 0.25) is 6.32 Å². The van der Waals surface area contributed by atoms with E-state index in [4.69, 9.17) is 4.65 Å². The molecule has 0 saturated heterocycles. The summed E-state index contributed by atoms with van der Waals surface area (Å²) in [5.74, 6) is 0.249. The summed E-state index contributed by atoms with van der Waals surface area (Å²) in [5, 5.41) is 31.5. The first-order valence-electron chi connectivity index (χ1n) is 10.7. The molecule has 6 heteroatoms. The Balaban J connectivity index is 1.69. The highest BCUT2D eigenvalue weighted by Gasteiger charge is 2.28. The maximum atomic E-state index is 10.2. The summed E-state index contributed by atoms with van der Waals surface area (Å²) in [6, 6.07) is 17.2. The van der Waals surface area contributed by atoms with Gasteiger partial charge < -0.3 is 19.9 Å². The zero-order valence-electron chi connectivity index (χ0n) is 17.8. The minimum absolute atomic E-state index is 0.149. The number of phenols is 1. The van der Waals surface area contributed by atoms with Gasteiger partial charge in [0.15, 0.2) is 0 Å². The number of pyridine rings is 1. The molecule has 2 aromatic carbocycles. The Morgan fingerprint density at radius 1 is 1.12 bits per heavy atom. The molecule has 5 nitrogen and oxygen atoms in total. The smallest absolute Gasteiger partial charge is 0.458 e. The third-order valence-corrected chi connectivity index (χ3v) is 5.74. The second kappa shape index (κ2) is 9.96. The van der Waals surface area contributed by atoms with E-state index in [1.165, 1.54) is 0 Å². The molecule has 0 aliphatic carbocycles. The van der Waals surface area contributed by atoms with Gasteiger partial charge in [-0.3, -0.25) is 4.98 Å². The minimum atomic E-state index is -0.862. The van der Waals surface area contributed by atoms with E-state index in [0.29, 0.717) is 24.7 Å². The molecule has 162 valence electrons. The van der Waals surface area contributed by atoms with E-state index in [-0.39, 0.29) is 18.5 Å². The molecule has 0 fully saturated rings. The van der Waals surface area contributed by atoms with Crippen LogP contribution < -0.4 is 0 Å². The predicted molar refractivity (Wildman–Crippen MR) is 129 cm³/mol. The Hall–Kier alpha value is -3.19. The van der Waals surface area contributed by atoms with Gasteiger partial charge in [0.05, 0.1) is 18.4 Å². The van der Waals surface area contributed by atoms with Crippen molar-refractivity contribution in [3.63, 3.8) is 0 Å². The molecule has 0 amide bonds. The second-order valence-corrected chi connectivity index (χ2v) is 7.88. The van der Waals surface area contributed by atoms with Crippen LogP contribution in [0.3, 0.4) is 0 Å². The Bertz CT molecular complexity index is 1170. The topological polar surface area (TPSA) is 82.8 Å². The van der Waals surface area contributed by atoms with Crippen LogP contribution in [0, 0.1) is 0 Å². The van der Waals surface area contributed by atoms with Crippen molar-refractivity contribution in [3.05, 3.63) is 95.9 Å². The fourth-order valence-corrected chi connectivity index (χ4v) is 4.10. The molecule has 32 heavy (non-hydrogen) atoms. The van der Waals surface area contributed by atoms with Crippen molar-refractivity contribution < 1.29 is 19.9 Å². The highest BCUT2D eigenvalue weighted by molar-refractivity contribution is 6.43. The summed E-state index contributed by atoms with van der Waals surface area (Å²) in [7, 11) is -0.862. The zero-order valence-corrected chi connectivity index (χ0v) is 17.8.